The second kappa shape index (κ2) is 6.00. The summed E-state index contributed by atoms with van der Waals surface area (Å²) in [6, 6.07) is 1.96. The molecule has 0 bridgehead atoms. The first-order chi connectivity index (χ1) is 9.41. The van der Waals surface area contributed by atoms with Gasteiger partial charge >= 0.3 is 5.97 Å². The van der Waals surface area contributed by atoms with Gasteiger partial charge in [0.2, 0.25) is 0 Å². The van der Waals surface area contributed by atoms with E-state index in [9.17, 15) is 4.79 Å². The van der Waals surface area contributed by atoms with E-state index in [0.717, 1.165) is 17.3 Å². The summed E-state index contributed by atoms with van der Waals surface area (Å²) in [6.07, 6.45) is 0.0935. The predicted molar refractivity (Wildman–Crippen MR) is 85.0 cm³/mol. The minimum absolute atomic E-state index is 0.0780. The molecule has 0 saturated heterocycles. The molecule has 0 unspecified atom stereocenters. The molecule has 0 spiro atoms. The van der Waals surface area contributed by atoms with E-state index in [0.29, 0.717) is 6.54 Å². The summed E-state index contributed by atoms with van der Waals surface area (Å²) in [6.45, 7) is 13.0. The van der Waals surface area contributed by atoms with E-state index in [2.05, 4.69) is 46.5 Å². The monoisotopic (exact) mass is 293 g/mol. The maximum absolute atomic E-state index is 10.7. The van der Waals surface area contributed by atoms with Gasteiger partial charge in [0.05, 0.1) is 12.1 Å². The SMILES string of the molecule is CN(CCC(=O)O)c1cc(C(C)(C)C)nc(C(C)(C)C)n1. The number of nitrogens with zero attached hydrogens (tertiary/aromatic N) is 3. The molecule has 0 amide bonds. The van der Waals surface area contributed by atoms with Crippen LogP contribution in [0.25, 0.3) is 0 Å². The number of carboxylic acid groups (broad SMARTS) is 1. The fourth-order valence-corrected chi connectivity index (χ4v) is 1.73. The van der Waals surface area contributed by atoms with Gasteiger partial charge in [-0.25, -0.2) is 9.97 Å². The highest BCUT2D eigenvalue weighted by atomic mass is 16.4. The fraction of sp³-hybridized carbons (Fsp3) is 0.688. The lowest BCUT2D eigenvalue weighted by Gasteiger charge is -2.26. The van der Waals surface area contributed by atoms with Crippen molar-refractivity contribution in [1.82, 2.24) is 9.97 Å². The van der Waals surface area contributed by atoms with Gasteiger partial charge in [-0.15, -0.1) is 0 Å². The van der Waals surface area contributed by atoms with Crippen LogP contribution < -0.4 is 4.90 Å². The van der Waals surface area contributed by atoms with E-state index >= 15 is 0 Å². The maximum Gasteiger partial charge on any atom is 0.305 e. The topological polar surface area (TPSA) is 66.3 Å². The summed E-state index contributed by atoms with van der Waals surface area (Å²) < 4.78 is 0. The summed E-state index contributed by atoms with van der Waals surface area (Å²) in [5, 5.41) is 8.82. The molecule has 0 aliphatic heterocycles. The normalized spacial score (nSPS) is 12.3. The molecule has 5 nitrogen and oxygen atoms in total. The van der Waals surface area contributed by atoms with Crippen LogP contribution in [0.1, 0.15) is 59.5 Å². The first-order valence-electron chi connectivity index (χ1n) is 7.24. The van der Waals surface area contributed by atoms with Gasteiger partial charge in [-0.05, 0) is 0 Å². The quantitative estimate of drug-likeness (QED) is 0.924. The Labute approximate surface area is 127 Å². The number of rotatable bonds is 4. The average molecular weight is 293 g/mol. The predicted octanol–water partition coefficient (Wildman–Crippen LogP) is 2.98. The van der Waals surface area contributed by atoms with Crippen LogP contribution in [0.15, 0.2) is 6.07 Å². The van der Waals surface area contributed by atoms with E-state index in [1.807, 2.05) is 18.0 Å². The fourth-order valence-electron chi connectivity index (χ4n) is 1.73. The molecule has 0 radical (unpaired) electrons. The van der Waals surface area contributed by atoms with E-state index < -0.39 is 5.97 Å². The Morgan fingerprint density at radius 1 is 1.14 bits per heavy atom. The van der Waals surface area contributed by atoms with Crippen molar-refractivity contribution < 1.29 is 9.90 Å². The second-order valence-corrected chi connectivity index (χ2v) is 7.50. The lowest BCUT2D eigenvalue weighted by molar-refractivity contribution is -0.136. The zero-order valence-electron chi connectivity index (χ0n) is 14.2. The van der Waals surface area contributed by atoms with E-state index in [1.165, 1.54) is 0 Å². The first kappa shape index (κ1) is 17.4. The van der Waals surface area contributed by atoms with Crippen LogP contribution in [0.4, 0.5) is 5.82 Å². The molecule has 0 aliphatic rings. The minimum atomic E-state index is -0.803. The molecule has 1 rings (SSSR count). The average Bonchev–Trinajstić information content (AvgIpc) is 2.33. The Bertz CT molecular complexity index is 481. The zero-order valence-corrected chi connectivity index (χ0v) is 14.2. The molecule has 118 valence electrons. The summed E-state index contributed by atoms with van der Waals surface area (Å²) >= 11 is 0. The largest absolute Gasteiger partial charge is 0.481 e. The Morgan fingerprint density at radius 2 is 1.71 bits per heavy atom. The molecule has 0 saturated carbocycles. The Hall–Kier alpha value is -1.65. The van der Waals surface area contributed by atoms with Gasteiger partial charge < -0.3 is 10.0 Å². The molecule has 0 fully saturated rings. The van der Waals surface area contributed by atoms with Crippen molar-refractivity contribution in [1.29, 1.82) is 0 Å². The standard InChI is InChI=1S/C16H27N3O2/c1-15(2,3)11-10-12(19(7)9-8-13(20)21)18-14(17-11)16(4,5)6/h10H,8-9H2,1-7H3,(H,20,21). The molecule has 5 heteroatoms. The number of aromatic nitrogens is 2. The Kier molecular flexibility index (Phi) is 4.97. The number of hydrogen-bond donors (Lipinski definition) is 1. The van der Waals surface area contributed by atoms with Gasteiger partial charge in [-0.1, -0.05) is 41.5 Å². The molecule has 0 atom stereocenters. The number of hydrogen-bond acceptors (Lipinski definition) is 4. The number of aliphatic carboxylic acids is 1. The van der Waals surface area contributed by atoms with Crippen LogP contribution in [0.3, 0.4) is 0 Å². The van der Waals surface area contributed by atoms with Gasteiger partial charge in [0, 0.05) is 30.5 Å². The molecular weight excluding hydrogens is 266 g/mol. The molecule has 1 aromatic rings. The molecule has 1 N–H and O–H groups in total. The molecule has 0 aliphatic carbocycles. The van der Waals surface area contributed by atoms with Crippen LogP contribution in [-0.4, -0.2) is 34.6 Å². The van der Waals surface area contributed by atoms with Crippen LogP contribution >= 0.6 is 0 Å². The second-order valence-electron chi connectivity index (χ2n) is 7.50. The van der Waals surface area contributed by atoms with Crippen molar-refractivity contribution >= 4 is 11.8 Å². The highest BCUT2D eigenvalue weighted by molar-refractivity contribution is 5.67. The third-order valence-electron chi connectivity index (χ3n) is 3.20. The maximum atomic E-state index is 10.7. The van der Waals surface area contributed by atoms with Crippen molar-refractivity contribution in [2.75, 3.05) is 18.5 Å². The van der Waals surface area contributed by atoms with Gasteiger partial charge in [0.15, 0.2) is 0 Å². The van der Waals surface area contributed by atoms with E-state index in [-0.39, 0.29) is 17.3 Å². The summed E-state index contributed by atoms with van der Waals surface area (Å²) in [5.74, 6) is 0.760. The van der Waals surface area contributed by atoms with Gasteiger partial charge in [0.25, 0.3) is 0 Å². The van der Waals surface area contributed by atoms with E-state index in [4.69, 9.17) is 10.1 Å². The smallest absolute Gasteiger partial charge is 0.305 e. The molecule has 1 heterocycles. The van der Waals surface area contributed by atoms with Crippen molar-refractivity contribution in [3.05, 3.63) is 17.6 Å². The van der Waals surface area contributed by atoms with Crippen LogP contribution in [0.5, 0.6) is 0 Å². The first-order valence-corrected chi connectivity index (χ1v) is 7.24. The molecule has 1 aromatic heterocycles. The van der Waals surface area contributed by atoms with Crippen LogP contribution in [0, 0.1) is 0 Å². The molecular formula is C16H27N3O2. The summed E-state index contributed by atoms with van der Waals surface area (Å²) in [5.41, 5.74) is 0.745. The van der Waals surface area contributed by atoms with Gasteiger partial charge in [-0.2, -0.15) is 0 Å². The Morgan fingerprint density at radius 3 is 2.14 bits per heavy atom. The van der Waals surface area contributed by atoms with Crippen molar-refractivity contribution in [3.63, 3.8) is 0 Å². The highest BCUT2D eigenvalue weighted by Crippen LogP contribution is 2.27. The van der Waals surface area contributed by atoms with Gasteiger partial charge in [0.1, 0.15) is 11.6 Å². The number of carbonyl (C=O) groups is 1. The number of anilines is 1. The van der Waals surface area contributed by atoms with Crippen molar-refractivity contribution in [3.8, 4) is 0 Å². The zero-order chi connectivity index (χ0) is 16.4. The van der Waals surface area contributed by atoms with Crippen molar-refractivity contribution in [2.45, 2.75) is 58.8 Å². The van der Waals surface area contributed by atoms with Crippen LogP contribution in [0.2, 0.25) is 0 Å². The third kappa shape index (κ3) is 4.99. The summed E-state index contributed by atoms with van der Waals surface area (Å²) in [7, 11) is 1.87. The van der Waals surface area contributed by atoms with Crippen LogP contribution in [-0.2, 0) is 15.6 Å². The minimum Gasteiger partial charge on any atom is -0.481 e. The Balaban J connectivity index is 3.22. The summed E-state index contributed by atoms with van der Waals surface area (Å²) in [4.78, 5) is 21.9. The third-order valence-corrected chi connectivity index (χ3v) is 3.20. The molecule has 21 heavy (non-hydrogen) atoms. The lowest BCUT2D eigenvalue weighted by atomic mass is 9.90. The van der Waals surface area contributed by atoms with Crippen molar-refractivity contribution in [2.24, 2.45) is 0 Å². The van der Waals surface area contributed by atoms with E-state index in [1.54, 1.807) is 0 Å². The molecule has 0 aromatic carbocycles. The van der Waals surface area contributed by atoms with Gasteiger partial charge in [-0.3, -0.25) is 4.79 Å². The number of carboxylic acids is 1. The highest BCUT2D eigenvalue weighted by Gasteiger charge is 2.24. The lowest BCUT2D eigenvalue weighted by Crippen LogP contribution is -2.27.